The van der Waals surface area contributed by atoms with Gasteiger partial charge in [-0.15, -0.1) is 12.3 Å². The molecule has 1 rings (SSSR count). The highest BCUT2D eigenvalue weighted by Gasteiger charge is 2.03. The Morgan fingerprint density at radius 3 is 2.63 bits per heavy atom. The predicted octanol–water partition coefficient (Wildman–Crippen LogP) is 4.62. The zero-order chi connectivity index (χ0) is 14.1. The molecule has 0 fully saturated rings. The molecule has 1 unspecified atom stereocenters. The molecule has 1 heteroatoms. The van der Waals surface area contributed by atoms with Crippen molar-refractivity contribution in [1.82, 2.24) is 0 Å². The summed E-state index contributed by atoms with van der Waals surface area (Å²) >= 11 is 0. The second-order valence-corrected chi connectivity index (χ2v) is 4.98. The van der Waals surface area contributed by atoms with Gasteiger partial charge in [-0.3, -0.25) is 4.99 Å². The van der Waals surface area contributed by atoms with Gasteiger partial charge < -0.3 is 0 Å². The average molecular weight is 253 g/mol. The Morgan fingerprint density at radius 1 is 1.37 bits per heavy atom. The topological polar surface area (TPSA) is 12.4 Å². The van der Waals surface area contributed by atoms with E-state index in [4.69, 9.17) is 6.42 Å². The molecule has 1 atom stereocenters. The molecule has 0 N–H and O–H groups in total. The van der Waals surface area contributed by atoms with Crippen molar-refractivity contribution in [2.75, 3.05) is 0 Å². The first kappa shape index (κ1) is 15.2. The van der Waals surface area contributed by atoms with Crippen LogP contribution in [0.5, 0.6) is 0 Å². The minimum atomic E-state index is 0.694. The van der Waals surface area contributed by atoms with Crippen LogP contribution in [-0.4, -0.2) is 5.71 Å². The molecule has 0 bridgehead atoms. The quantitative estimate of drug-likeness (QED) is 0.496. The lowest BCUT2D eigenvalue weighted by Gasteiger charge is -2.09. The van der Waals surface area contributed by atoms with Crippen molar-refractivity contribution in [2.45, 2.75) is 39.5 Å². The molecule has 0 radical (unpaired) electrons. The summed E-state index contributed by atoms with van der Waals surface area (Å²) in [4.78, 5) is 4.19. The molecule has 100 valence electrons. The number of aryl methyl sites for hydroxylation is 1. The fourth-order valence-corrected chi connectivity index (χ4v) is 2.01. The van der Waals surface area contributed by atoms with Crippen molar-refractivity contribution in [2.24, 2.45) is 10.9 Å². The van der Waals surface area contributed by atoms with Gasteiger partial charge in [-0.1, -0.05) is 37.8 Å². The number of rotatable bonds is 7. The van der Waals surface area contributed by atoms with Gasteiger partial charge in [-0.25, -0.2) is 0 Å². The van der Waals surface area contributed by atoms with Gasteiger partial charge in [0.25, 0.3) is 0 Å². The molecule has 0 spiro atoms. The molecule has 0 aromatic heterocycles. The Hall–Kier alpha value is -1.81. The fraction of sp³-hybridized carbons (Fsp3) is 0.389. The molecular formula is C18H23N. The molecule has 1 aromatic carbocycles. The van der Waals surface area contributed by atoms with Crippen LogP contribution in [0.25, 0.3) is 0 Å². The molecule has 0 amide bonds. The molecule has 0 aliphatic carbocycles. The van der Waals surface area contributed by atoms with E-state index in [1.807, 2.05) is 6.92 Å². The first-order valence-electron chi connectivity index (χ1n) is 6.85. The summed E-state index contributed by atoms with van der Waals surface area (Å²) in [6.07, 6.45) is 11.2. The summed E-state index contributed by atoms with van der Waals surface area (Å²) in [6, 6.07) is 8.63. The maximum atomic E-state index is 5.29. The molecule has 0 saturated carbocycles. The molecule has 1 aromatic rings. The van der Waals surface area contributed by atoms with Crippen molar-refractivity contribution in [1.29, 1.82) is 0 Å². The number of hydrogen-bond acceptors (Lipinski definition) is 1. The highest BCUT2D eigenvalue weighted by Crippen LogP contribution is 2.15. The fourth-order valence-electron chi connectivity index (χ4n) is 2.01. The zero-order valence-electron chi connectivity index (χ0n) is 12.0. The normalized spacial score (nSPS) is 12.8. The van der Waals surface area contributed by atoms with Gasteiger partial charge in [0.2, 0.25) is 0 Å². The lowest BCUT2D eigenvalue weighted by atomic mass is 9.96. The maximum Gasteiger partial charge on any atom is 0.0444 e. The minimum absolute atomic E-state index is 0.694. The summed E-state index contributed by atoms with van der Waals surface area (Å²) in [6.45, 7) is 7.88. The Kier molecular flexibility index (Phi) is 6.68. The lowest BCUT2D eigenvalue weighted by molar-refractivity contribution is 0.500. The van der Waals surface area contributed by atoms with Gasteiger partial charge in [-0.2, -0.15) is 0 Å². The average Bonchev–Trinajstić information content (AvgIpc) is 2.43. The predicted molar refractivity (Wildman–Crippen MR) is 84.4 cm³/mol. The van der Waals surface area contributed by atoms with Gasteiger partial charge in [0.1, 0.15) is 0 Å². The van der Waals surface area contributed by atoms with E-state index in [-0.39, 0.29) is 0 Å². The molecule has 1 nitrogen and oxygen atoms in total. The third-order valence-corrected chi connectivity index (χ3v) is 3.36. The number of terminal acetylenes is 1. The van der Waals surface area contributed by atoms with E-state index in [0.717, 1.165) is 30.5 Å². The smallest absolute Gasteiger partial charge is 0.0444 e. The second-order valence-electron chi connectivity index (χ2n) is 4.98. The molecular weight excluding hydrogens is 230 g/mol. The highest BCUT2D eigenvalue weighted by molar-refractivity contribution is 5.99. The third-order valence-electron chi connectivity index (χ3n) is 3.36. The largest absolute Gasteiger partial charge is 0.262 e. The summed E-state index contributed by atoms with van der Waals surface area (Å²) in [5.74, 6) is 3.40. The summed E-state index contributed by atoms with van der Waals surface area (Å²) < 4.78 is 0. The highest BCUT2D eigenvalue weighted by atomic mass is 14.7. The molecule has 0 saturated heterocycles. The Morgan fingerprint density at radius 2 is 2.05 bits per heavy atom. The molecule has 0 aliphatic heterocycles. The van der Waals surface area contributed by atoms with E-state index in [1.165, 1.54) is 12.0 Å². The number of nitrogens with zero attached hydrogens (tertiary/aromatic N) is 1. The third kappa shape index (κ3) is 5.57. The van der Waals surface area contributed by atoms with E-state index in [2.05, 4.69) is 48.7 Å². The van der Waals surface area contributed by atoms with Gasteiger partial charge in [0.15, 0.2) is 0 Å². The van der Waals surface area contributed by atoms with Crippen LogP contribution in [0.3, 0.4) is 0 Å². The van der Waals surface area contributed by atoms with Crippen LogP contribution in [0.4, 0.5) is 0 Å². The van der Waals surface area contributed by atoms with Gasteiger partial charge in [0, 0.05) is 18.3 Å². The maximum absolute atomic E-state index is 5.29. The van der Waals surface area contributed by atoms with Crippen LogP contribution in [0.2, 0.25) is 0 Å². The monoisotopic (exact) mass is 253 g/mol. The van der Waals surface area contributed by atoms with Crippen molar-refractivity contribution >= 4 is 5.71 Å². The SMILES string of the molecule is C#CCCC(C)CCc1ccc(C(C)=NC=C)cc1. The standard InChI is InChI=1S/C18H23N/c1-5-7-8-15(3)9-10-17-11-13-18(14-12-17)16(4)19-6-2/h1,6,11-15H,2,7-10H2,3-4H3. The van der Waals surface area contributed by atoms with Crippen molar-refractivity contribution in [3.8, 4) is 12.3 Å². The van der Waals surface area contributed by atoms with Crippen molar-refractivity contribution in [3.05, 3.63) is 48.2 Å². The summed E-state index contributed by atoms with van der Waals surface area (Å²) in [5.41, 5.74) is 3.54. The summed E-state index contributed by atoms with van der Waals surface area (Å²) in [7, 11) is 0. The Bertz CT molecular complexity index is 459. The van der Waals surface area contributed by atoms with Crippen LogP contribution in [0, 0.1) is 18.3 Å². The Labute approximate surface area is 117 Å². The van der Waals surface area contributed by atoms with Crippen molar-refractivity contribution in [3.63, 3.8) is 0 Å². The van der Waals surface area contributed by atoms with Gasteiger partial charge in [-0.05, 0) is 43.2 Å². The second kappa shape index (κ2) is 8.32. The number of benzene rings is 1. The number of aliphatic imine (C=N–C) groups is 1. The zero-order valence-corrected chi connectivity index (χ0v) is 12.0. The molecule has 19 heavy (non-hydrogen) atoms. The van der Waals surface area contributed by atoms with Crippen LogP contribution < -0.4 is 0 Å². The van der Waals surface area contributed by atoms with Crippen LogP contribution in [0.1, 0.15) is 44.2 Å². The van der Waals surface area contributed by atoms with E-state index in [0.29, 0.717) is 5.92 Å². The van der Waals surface area contributed by atoms with E-state index in [1.54, 1.807) is 6.20 Å². The van der Waals surface area contributed by atoms with E-state index in [9.17, 15) is 0 Å². The molecule has 0 heterocycles. The lowest BCUT2D eigenvalue weighted by Crippen LogP contribution is -1.98. The van der Waals surface area contributed by atoms with E-state index >= 15 is 0 Å². The van der Waals surface area contributed by atoms with Crippen LogP contribution >= 0.6 is 0 Å². The number of hydrogen-bond donors (Lipinski definition) is 0. The van der Waals surface area contributed by atoms with E-state index < -0.39 is 0 Å². The van der Waals surface area contributed by atoms with Crippen LogP contribution in [0.15, 0.2) is 42.0 Å². The Balaban J connectivity index is 2.51. The van der Waals surface area contributed by atoms with Gasteiger partial charge >= 0.3 is 0 Å². The van der Waals surface area contributed by atoms with Gasteiger partial charge in [0.05, 0.1) is 0 Å². The summed E-state index contributed by atoms with van der Waals surface area (Å²) in [5, 5.41) is 0. The molecule has 0 aliphatic rings. The first-order valence-corrected chi connectivity index (χ1v) is 6.85. The first-order chi connectivity index (χ1) is 9.17. The minimum Gasteiger partial charge on any atom is -0.262 e. The van der Waals surface area contributed by atoms with Crippen molar-refractivity contribution < 1.29 is 0 Å². The van der Waals surface area contributed by atoms with Crippen LogP contribution in [-0.2, 0) is 6.42 Å².